The van der Waals surface area contributed by atoms with E-state index >= 15 is 0 Å². The molecular weight excluding hydrogens is 352 g/mol. The number of hydrogen-bond donors (Lipinski definition) is 1. The topological polar surface area (TPSA) is 65.5 Å². The van der Waals surface area contributed by atoms with E-state index in [4.69, 9.17) is 0 Å². The zero-order valence-corrected chi connectivity index (χ0v) is 16.0. The van der Waals surface area contributed by atoms with Crippen LogP contribution in [0.2, 0.25) is 0 Å². The van der Waals surface area contributed by atoms with Gasteiger partial charge in [0.15, 0.2) is 0 Å². The fourth-order valence-corrected chi connectivity index (χ4v) is 4.11. The van der Waals surface area contributed by atoms with E-state index in [1.807, 2.05) is 47.4 Å². The second kappa shape index (κ2) is 8.42. The van der Waals surface area contributed by atoms with Crippen LogP contribution in [-0.2, 0) is 11.3 Å². The second-order valence-corrected chi connectivity index (χ2v) is 7.50. The molecule has 6 nitrogen and oxygen atoms in total. The number of carbonyl (C=O) groups excluding carboxylic acids is 2. The van der Waals surface area contributed by atoms with Crippen molar-refractivity contribution >= 4 is 17.5 Å². The molecule has 3 heterocycles. The van der Waals surface area contributed by atoms with Gasteiger partial charge in [0.1, 0.15) is 5.69 Å². The second-order valence-electron chi connectivity index (χ2n) is 7.50. The van der Waals surface area contributed by atoms with Crippen LogP contribution in [0.5, 0.6) is 0 Å². The van der Waals surface area contributed by atoms with Gasteiger partial charge in [-0.3, -0.25) is 14.6 Å². The predicted octanol–water partition coefficient (Wildman–Crippen LogP) is 2.60. The number of carbonyl (C=O) groups is 2. The van der Waals surface area contributed by atoms with Crippen LogP contribution in [-0.4, -0.2) is 47.4 Å². The van der Waals surface area contributed by atoms with E-state index in [9.17, 15) is 9.59 Å². The first-order valence-electron chi connectivity index (χ1n) is 10.0. The SMILES string of the molecule is O=C(NCc1ccccc1)c1cc(N2CCCC(N3CCCC3=O)C2)ccn1. The summed E-state index contributed by atoms with van der Waals surface area (Å²) in [7, 11) is 0. The highest BCUT2D eigenvalue weighted by Gasteiger charge is 2.31. The van der Waals surface area contributed by atoms with Crippen molar-refractivity contribution < 1.29 is 9.59 Å². The third kappa shape index (κ3) is 4.16. The highest BCUT2D eigenvalue weighted by atomic mass is 16.2. The van der Waals surface area contributed by atoms with Crippen LogP contribution in [0.3, 0.4) is 0 Å². The van der Waals surface area contributed by atoms with Crippen molar-refractivity contribution in [2.24, 2.45) is 0 Å². The molecule has 2 fully saturated rings. The molecule has 0 radical (unpaired) electrons. The van der Waals surface area contributed by atoms with Crippen LogP contribution >= 0.6 is 0 Å². The molecule has 2 amide bonds. The lowest BCUT2D eigenvalue weighted by atomic mass is 10.0. The molecular formula is C22H26N4O2. The van der Waals surface area contributed by atoms with E-state index in [-0.39, 0.29) is 17.9 Å². The molecule has 2 aromatic rings. The molecule has 1 N–H and O–H groups in total. The molecule has 28 heavy (non-hydrogen) atoms. The number of amides is 2. The Morgan fingerprint density at radius 2 is 2.00 bits per heavy atom. The number of rotatable bonds is 5. The van der Waals surface area contributed by atoms with E-state index in [0.717, 1.165) is 50.1 Å². The Morgan fingerprint density at radius 3 is 2.79 bits per heavy atom. The van der Waals surface area contributed by atoms with Crippen molar-refractivity contribution in [3.05, 3.63) is 59.9 Å². The number of hydrogen-bond acceptors (Lipinski definition) is 4. The van der Waals surface area contributed by atoms with Gasteiger partial charge in [-0.2, -0.15) is 0 Å². The molecule has 1 aromatic heterocycles. The molecule has 0 saturated carbocycles. The van der Waals surface area contributed by atoms with Crippen molar-refractivity contribution in [1.29, 1.82) is 0 Å². The van der Waals surface area contributed by atoms with Gasteiger partial charge in [0.25, 0.3) is 5.91 Å². The van der Waals surface area contributed by atoms with Crippen LogP contribution in [0, 0.1) is 0 Å². The highest BCUT2D eigenvalue weighted by molar-refractivity contribution is 5.93. The zero-order chi connectivity index (χ0) is 19.3. The first-order chi connectivity index (χ1) is 13.7. The Balaban J connectivity index is 1.41. The Morgan fingerprint density at radius 1 is 1.14 bits per heavy atom. The average Bonchev–Trinajstić information content (AvgIpc) is 3.19. The molecule has 0 bridgehead atoms. The minimum absolute atomic E-state index is 0.172. The maximum atomic E-state index is 12.5. The van der Waals surface area contributed by atoms with Gasteiger partial charge in [-0.1, -0.05) is 30.3 Å². The molecule has 2 aliphatic rings. The van der Waals surface area contributed by atoms with Gasteiger partial charge in [0.2, 0.25) is 5.91 Å². The summed E-state index contributed by atoms with van der Waals surface area (Å²) in [4.78, 5) is 33.2. The zero-order valence-electron chi connectivity index (χ0n) is 16.0. The summed E-state index contributed by atoms with van der Waals surface area (Å²) in [6.07, 6.45) is 5.44. The fraction of sp³-hybridized carbons (Fsp3) is 0.409. The number of nitrogens with one attached hydrogen (secondary N) is 1. The van der Waals surface area contributed by atoms with Crippen molar-refractivity contribution in [3.63, 3.8) is 0 Å². The van der Waals surface area contributed by atoms with Gasteiger partial charge in [-0.05, 0) is 37.0 Å². The first kappa shape index (κ1) is 18.5. The minimum atomic E-state index is -0.172. The van der Waals surface area contributed by atoms with Gasteiger partial charge in [0.05, 0.1) is 0 Å². The van der Waals surface area contributed by atoms with Gasteiger partial charge in [0, 0.05) is 50.5 Å². The molecule has 1 atom stereocenters. The number of pyridine rings is 1. The maximum Gasteiger partial charge on any atom is 0.270 e. The molecule has 4 rings (SSSR count). The van der Waals surface area contributed by atoms with E-state index < -0.39 is 0 Å². The lowest BCUT2D eigenvalue weighted by Gasteiger charge is -2.38. The quantitative estimate of drug-likeness (QED) is 0.869. The van der Waals surface area contributed by atoms with Gasteiger partial charge >= 0.3 is 0 Å². The van der Waals surface area contributed by atoms with Crippen LogP contribution < -0.4 is 10.2 Å². The van der Waals surface area contributed by atoms with E-state index in [0.29, 0.717) is 18.7 Å². The number of aromatic nitrogens is 1. The standard InChI is InChI=1S/C22H26N4O2/c27-21-9-5-13-26(21)19-8-4-12-25(16-19)18-10-11-23-20(14-18)22(28)24-15-17-6-2-1-3-7-17/h1-3,6-7,10-11,14,19H,4-5,8-9,12-13,15-16H2,(H,24,28). The normalized spacial score (nSPS) is 19.7. The molecule has 1 aromatic carbocycles. The molecule has 0 aliphatic carbocycles. The summed E-state index contributed by atoms with van der Waals surface area (Å²) in [5.74, 6) is 0.108. The monoisotopic (exact) mass is 378 g/mol. The minimum Gasteiger partial charge on any atom is -0.369 e. The van der Waals surface area contributed by atoms with Crippen molar-refractivity contribution in [2.45, 2.75) is 38.3 Å². The van der Waals surface area contributed by atoms with Gasteiger partial charge < -0.3 is 15.1 Å². The average molecular weight is 378 g/mol. The summed E-state index contributed by atoms with van der Waals surface area (Å²) in [5.41, 5.74) is 2.48. The highest BCUT2D eigenvalue weighted by Crippen LogP contribution is 2.25. The molecule has 0 spiro atoms. The molecule has 6 heteroatoms. The summed E-state index contributed by atoms with van der Waals surface area (Å²) in [6, 6.07) is 13.9. The summed E-state index contributed by atoms with van der Waals surface area (Å²) >= 11 is 0. The fourth-order valence-electron chi connectivity index (χ4n) is 4.11. The van der Waals surface area contributed by atoms with E-state index in [1.54, 1.807) is 6.20 Å². The van der Waals surface area contributed by atoms with Crippen LogP contribution in [0.1, 0.15) is 41.7 Å². The molecule has 2 aliphatic heterocycles. The van der Waals surface area contributed by atoms with Crippen molar-refractivity contribution in [1.82, 2.24) is 15.2 Å². The number of nitrogens with zero attached hydrogens (tertiary/aromatic N) is 3. The Kier molecular flexibility index (Phi) is 5.55. The summed E-state index contributed by atoms with van der Waals surface area (Å²) < 4.78 is 0. The van der Waals surface area contributed by atoms with Gasteiger partial charge in [-0.15, -0.1) is 0 Å². The third-order valence-electron chi connectivity index (χ3n) is 5.58. The lowest BCUT2D eigenvalue weighted by Crippen LogP contribution is -2.48. The largest absolute Gasteiger partial charge is 0.369 e. The Labute approximate surface area is 165 Å². The van der Waals surface area contributed by atoms with Crippen molar-refractivity contribution in [3.8, 4) is 0 Å². The number of anilines is 1. The molecule has 1 unspecified atom stereocenters. The summed E-state index contributed by atoms with van der Waals surface area (Å²) in [5, 5.41) is 2.93. The Hall–Kier alpha value is -2.89. The number of piperidine rings is 1. The van der Waals surface area contributed by atoms with Crippen LogP contribution in [0.4, 0.5) is 5.69 Å². The number of benzene rings is 1. The third-order valence-corrected chi connectivity index (χ3v) is 5.58. The maximum absolute atomic E-state index is 12.5. The predicted molar refractivity (Wildman–Crippen MR) is 108 cm³/mol. The van der Waals surface area contributed by atoms with Crippen molar-refractivity contribution in [2.75, 3.05) is 24.5 Å². The molecule has 2 saturated heterocycles. The first-order valence-corrected chi connectivity index (χ1v) is 10.0. The number of likely N-dealkylation sites (tertiary alicyclic amines) is 1. The Bertz CT molecular complexity index is 839. The van der Waals surface area contributed by atoms with Crippen LogP contribution in [0.15, 0.2) is 48.7 Å². The lowest BCUT2D eigenvalue weighted by molar-refractivity contribution is -0.129. The van der Waals surface area contributed by atoms with Crippen LogP contribution in [0.25, 0.3) is 0 Å². The van der Waals surface area contributed by atoms with E-state index in [1.165, 1.54) is 0 Å². The van der Waals surface area contributed by atoms with Gasteiger partial charge in [-0.25, -0.2) is 0 Å². The summed E-state index contributed by atoms with van der Waals surface area (Å²) in [6.45, 7) is 3.11. The smallest absolute Gasteiger partial charge is 0.270 e. The molecule has 146 valence electrons. The van der Waals surface area contributed by atoms with E-state index in [2.05, 4.69) is 15.2 Å².